The second-order valence-corrected chi connectivity index (χ2v) is 7.48. The van der Waals surface area contributed by atoms with Gasteiger partial charge >= 0.3 is 0 Å². The Labute approximate surface area is 182 Å². The first-order valence-corrected chi connectivity index (χ1v) is 10.4. The van der Waals surface area contributed by atoms with E-state index in [0.717, 1.165) is 39.3 Å². The van der Waals surface area contributed by atoms with Crippen LogP contribution in [-0.4, -0.2) is 12.5 Å². The fourth-order valence-corrected chi connectivity index (χ4v) is 3.86. The van der Waals surface area contributed by atoms with Gasteiger partial charge in [-0.15, -0.1) is 0 Å². The molecule has 0 fully saturated rings. The van der Waals surface area contributed by atoms with Crippen molar-refractivity contribution in [1.82, 2.24) is 0 Å². The summed E-state index contributed by atoms with van der Waals surface area (Å²) in [5.41, 5.74) is 13.1. The fraction of sp³-hybridized carbons (Fsp3) is 0.0741. The van der Waals surface area contributed by atoms with Crippen LogP contribution in [0.1, 0.15) is 17.2 Å². The van der Waals surface area contributed by atoms with E-state index in [9.17, 15) is 0 Å². The van der Waals surface area contributed by atoms with E-state index in [-0.39, 0.29) is 6.04 Å². The molecule has 4 aromatic rings. The molecular formula is C27H23N3O. The van der Waals surface area contributed by atoms with Crippen LogP contribution in [0.3, 0.4) is 0 Å². The van der Waals surface area contributed by atoms with E-state index in [2.05, 4.69) is 29.6 Å². The number of benzene rings is 4. The summed E-state index contributed by atoms with van der Waals surface area (Å²) in [7, 11) is 0. The molecule has 4 aromatic carbocycles. The SMILES string of the molecule is Nc1ccccc1-c1ccccc1Nc1ccccc1C1=N[C@@H](c2ccccc2)CO1. The van der Waals surface area contributed by atoms with Crippen molar-refractivity contribution in [3.05, 3.63) is 114 Å². The predicted octanol–water partition coefficient (Wildman–Crippen LogP) is 6.20. The molecule has 4 heteroatoms. The molecule has 3 N–H and O–H groups in total. The molecule has 31 heavy (non-hydrogen) atoms. The number of aliphatic imine (C=N–C) groups is 1. The summed E-state index contributed by atoms with van der Waals surface area (Å²) in [6.45, 7) is 0.546. The number of hydrogen-bond donors (Lipinski definition) is 2. The van der Waals surface area contributed by atoms with Gasteiger partial charge in [0.05, 0.1) is 11.3 Å². The second-order valence-electron chi connectivity index (χ2n) is 7.48. The second kappa shape index (κ2) is 8.36. The molecule has 0 aliphatic carbocycles. The Hall–Kier alpha value is -4.05. The van der Waals surface area contributed by atoms with E-state index < -0.39 is 0 Å². The van der Waals surface area contributed by atoms with Gasteiger partial charge in [-0.25, -0.2) is 4.99 Å². The van der Waals surface area contributed by atoms with Crippen LogP contribution < -0.4 is 11.1 Å². The third-order valence-electron chi connectivity index (χ3n) is 5.44. The van der Waals surface area contributed by atoms with Crippen LogP contribution in [0.4, 0.5) is 17.1 Å². The van der Waals surface area contributed by atoms with E-state index in [4.69, 9.17) is 15.5 Å². The zero-order valence-corrected chi connectivity index (χ0v) is 17.0. The number of anilines is 3. The monoisotopic (exact) mass is 405 g/mol. The number of ether oxygens (including phenoxy) is 1. The highest BCUT2D eigenvalue weighted by Crippen LogP contribution is 2.35. The van der Waals surface area contributed by atoms with Crippen molar-refractivity contribution in [1.29, 1.82) is 0 Å². The summed E-state index contributed by atoms with van der Waals surface area (Å²) < 4.78 is 6.01. The molecule has 0 aromatic heterocycles. The van der Waals surface area contributed by atoms with Gasteiger partial charge < -0.3 is 15.8 Å². The normalized spacial score (nSPS) is 15.2. The van der Waals surface area contributed by atoms with Gasteiger partial charge in [-0.3, -0.25) is 0 Å². The molecule has 1 heterocycles. The van der Waals surface area contributed by atoms with Crippen LogP contribution in [0, 0.1) is 0 Å². The van der Waals surface area contributed by atoms with Crippen molar-refractivity contribution in [3.8, 4) is 11.1 Å². The number of para-hydroxylation sites is 3. The van der Waals surface area contributed by atoms with Crippen molar-refractivity contribution >= 4 is 23.0 Å². The van der Waals surface area contributed by atoms with Crippen LogP contribution in [0.25, 0.3) is 11.1 Å². The molecule has 1 atom stereocenters. The lowest BCUT2D eigenvalue weighted by atomic mass is 10.0. The van der Waals surface area contributed by atoms with E-state index in [0.29, 0.717) is 12.5 Å². The third kappa shape index (κ3) is 3.88. The number of hydrogen-bond acceptors (Lipinski definition) is 4. The number of nitrogens with two attached hydrogens (primary N) is 1. The Morgan fingerprint density at radius 2 is 1.26 bits per heavy atom. The molecule has 0 saturated carbocycles. The van der Waals surface area contributed by atoms with Crippen LogP contribution in [0.15, 0.2) is 108 Å². The Morgan fingerprint density at radius 1 is 0.677 bits per heavy atom. The Kier molecular flexibility index (Phi) is 5.11. The van der Waals surface area contributed by atoms with Crippen molar-refractivity contribution in [3.63, 3.8) is 0 Å². The number of rotatable bonds is 5. The van der Waals surface area contributed by atoms with Gasteiger partial charge in [0.25, 0.3) is 0 Å². The van der Waals surface area contributed by atoms with Crippen LogP contribution in [-0.2, 0) is 4.74 Å². The van der Waals surface area contributed by atoms with Gasteiger partial charge in [0.15, 0.2) is 0 Å². The van der Waals surface area contributed by atoms with Crippen molar-refractivity contribution in [2.24, 2.45) is 4.99 Å². The van der Waals surface area contributed by atoms with Gasteiger partial charge in [0.2, 0.25) is 5.90 Å². The van der Waals surface area contributed by atoms with Gasteiger partial charge in [-0.2, -0.15) is 0 Å². The number of nitrogen functional groups attached to an aromatic ring is 1. The van der Waals surface area contributed by atoms with Crippen LogP contribution in [0.5, 0.6) is 0 Å². The number of nitrogens with one attached hydrogen (secondary N) is 1. The predicted molar refractivity (Wildman–Crippen MR) is 128 cm³/mol. The van der Waals surface area contributed by atoms with Gasteiger partial charge in [-0.05, 0) is 29.8 Å². The Balaban J connectivity index is 1.49. The van der Waals surface area contributed by atoms with Gasteiger partial charge in [0.1, 0.15) is 12.6 Å². The number of nitrogens with zero attached hydrogens (tertiary/aromatic N) is 1. The molecule has 0 unspecified atom stereocenters. The van der Waals surface area contributed by atoms with Crippen molar-refractivity contribution < 1.29 is 4.74 Å². The highest BCUT2D eigenvalue weighted by Gasteiger charge is 2.23. The van der Waals surface area contributed by atoms with Crippen molar-refractivity contribution in [2.75, 3.05) is 17.7 Å². The molecular weight excluding hydrogens is 382 g/mol. The lowest BCUT2D eigenvalue weighted by Gasteiger charge is -2.16. The van der Waals surface area contributed by atoms with Crippen LogP contribution >= 0.6 is 0 Å². The van der Waals surface area contributed by atoms with E-state index in [1.165, 1.54) is 0 Å². The molecule has 5 rings (SSSR count). The quantitative estimate of drug-likeness (QED) is 0.389. The molecule has 0 radical (unpaired) electrons. The fourth-order valence-electron chi connectivity index (χ4n) is 3.86. The van der Waals surface area contributed by atoms with Crippen LogP contribution in [0.2, 0.25) is 0 Å². The molecule has 0 saturated heterocycles. The minimum atomic E-state index is 0.0145. The first-order chi connectivity index (χ1) is 15.3. The molecule has 1 aliphatic heterocycles. The topological polar surface area (TPSA) is 59.6 Å². The Morgan fingerprint density at radius 3 is 2.00 bits per heavy atom. The van der Waals surface area contributed by atoms with E-state index >= 15 is 0 Å². The molecule has 0 bridgehead atoms. The summed E-state index contributed by atoms with van der Waals surface area (Å²) in [6.07, 6.45) is 0. The standard InChI is InChI=1S/C27H23N3O/c28-23-15-7-4-12-20(23)21-13-5-8-16-24(21)29-25-17-9-6-14-22(25)27-30-26(18-31-27)19-10-2-1-3-11-19/h1-17,26,29H,18,28H2/t26-/m1/s1. The molecule has 152 valence electrons. The summed E-state index contributed by atoms with van der Waals surface area (Å²) in [6, 6.07) is 34.4. The smallest absolute Gasteiger partial charge is 0.219 e. The first-order valence-electron chi connectivity index (χ1n) is 10.4. The molecule has 1 aliphatic rings. The largest absolute Gasteiger partial charge is 0.475 e. The summed E-state index contributed by atoms with van der Waals surface area (Å²) in [5.74, 6) is 0.661. The maximum atomic E-state index is 6.25. The average Bonchev–Trinajstić information content (AvgIpc) is 3.31. The minimum absolute atomic E-state index is 0.0145. The summed E-state index contributed by atoms with van der Waals surface area (Å²) in [5, 5.41) is 3.58. The van der Waals surface area contributed by atoms with Gasteiger partial charge in [-0.1, -0.05) is 78.9 Å². The lowest BCUT2D eigenvalue weighted by Crippen LogP contribution is -2.06. The van der Waals surface area contributed by atoms with Gasteiger partial charge in [0, 0.05) is 22.5 Å². The first kappa shape index (κ1) is 18.9. The third-order valence-corrected chi connectivity index (χ3v) is 5.44. The molecule has 0 amide bonds. The zero-order valence-electron chi connectivity index (χ0n) is 17.0. The maximum Gasteiger partial charge on any atom is 0.219 e. The molecule has 0 spiro atoms. The lowest BCUT2D eigenvalue weighted by molar-refractivity contribution is 0.320. The Bertz CT molecular complexity index is 1230. The maximum absolute atomic E-state index is 6.25. The van der Waals surface area contributed by atoms with Crippen molar-refractivity contribution in [2.45, 2.75) is 6.04 Å². The summed E-state index contributed by atoms with van der Waals surface area (Å²) >= 11 is 0. The minimum Gasteiger partial charge on any atom is -0.475 e. The average molecular weight is 406 g/mol. The van der Waals surface area contributed by atoms with E-state index in [1.807, 2.05) is 78.9 Å². The molecule has 4 nitrogen and oxygen atoms in total. The van der Waals surface area contributed by atoms with E-state index in [1.54, 1.807) is 0 Å². The summed E-state index contributed by atoms with van der Waals surface area (Å²) in [4.78, 5) is 4.86. The zero-order chi connectivity index (χ0) is 21.0. The highest BCUT2D eigenvalue weighted by atomic mass is 16.5. The highest BCUT2D eigenvalue weighted by molar-refractivity contribution is 6.01.